The van der Waals surface area contributed by atoms with Gasteiger partial charge >= 0.3 is 0 Å². The summed E-state index contributed by atoms with van der Waals surface area (Å²) in [5, 5.41) is 3.23. The number of hydrogen-bond acceptors (Lipinski definition) is 5. The molecular weight excluding hydrogens is 368 g/mol. The Bertz CT molecular complexity index is 848. The van der Waals surface area contributed by atoms with E-state index < -0.39 is 0 Å². The molecule has 154 valence electrons. The molecule has 0 spiro atoms. The number of hydrogen-bond donors (Lipinski definition) is 1. The molecule has 2 aromatic carbocycles. The van der Waals surface area contributed by atoms with Gasteiger partial charge in [-0.1, -0.05) is 18.2 Å². The molecule has 1 fully saturated rings. The highest BCUT2D eigenvalue weighted by molar-refractivity contribution is 5.78. The van der Waals surface area contributed by atoms with E-state index in [0.29, 0.717) is 32.2 Å². The Morgan fingerprint density at radius 3 is 2.55 bits per heavy atom. The monoisotopic (exact) mass is 396 g/mol. The molecule has 0 aromatic heterocycles. The minimum atomic E-state index is 0.0396. The van der Waals surface area contributed by atoms with Crippen LogP contribution in [-0.4, -0.2) is 44.7 Å². The van der Waals surface area contributed by atoms with Gasteiger partial charge in [0.25, 0.3) is 0 Å². The maximum Gasteiger partial charge on any atom is 0.234 e. The average molecular weight is 396 g/mol. The maximum atomic E-state index is 12.7. The van der Waals surface area contributed by atoms with Gasteiger partial charge in [0, 0.05) is 6.54 Å². The Kier molecular flexibility index (Phi) is 5.90. The summed E-state index contributed by atoms with van der Waals surface area (Å²) < 4.78 is 16.5. The molecule has 1 amide bonds. The number of nitrogens with one attached hydrogen (secondary N) is 1. The van der Waals surface area contributed by atoms with Gasteiger partial charge in [-0.25, -0.2) is 0 Å². The summed E-state index contributed by atoms with van der Waals surface area (Å²) in [7, 11) is 3.61. The molecule has 1 heterocycles. The van der Waals surface area contributed by atoms with Crippen LogP contribution in [0.5, 0.6) is 17.2 Å². The topological polar surface area (TPSA) is 60.0 Å². The number of carbonyl (C=O) groups is 1. The van der Waals surface area contributed by atoms with Crippen LogP contribution in [-0.2, 0) is 11.3 Å². The second-order valence-electron chi connectivity index (χ2n) is 7.81. The van der Waals surface area contributed by atoms with Crippen molar-refractivity contribution in [3.05, 3.63) is 53.6 Å². The molecule has 1 atom stereocenters. The number of benzene rings is 2. The first-order valence-corrected chi connectivity index (χ1v) is 10.1. The predicted octanol–water partition coefficient (Wildman–Crippen LogP) is 3.17. The van der Waals surface area contributed by atoms with Crippen LogP contribution >= 0.6 is 0 Å². The Morgan fingerprint density at radius 2 is 1.86 bits per heavy atom. The lowest BCUT2D eigenvalue weighted by Gasteiger charge is -2.23. The van der Waals surface area contributed by atoms with Crippen LogP contribution in [0.15, 0.2) is 42.5 Å². The summed E-state index contributed by atoms with van der Waals surface area (Å²) in [6.07, 6.45) is 2.31. The number of fused-ring (bicyclic) bond motifs is 1. The van der Waals surface area contributed by atoms with Gasteiger partial charge in [-0.05, 0) is 61.2 Å². The van der Waals surface area contributed by atoms with E-state index in [4.69, 9.17) is 14.2 Å². The fraction of sp³-hybridized carbons (Fsp3) is 0.435. The molecule has 29 heavy (non-hydrogen) atoms. The lowest BCUT2D eigenvalue weighted by atomic mass is 10.0. The molecule has 6 heteroatoms. The van der Waals surface area contributed by atoms with Crippen molar-refractivity contribution in [1.29, 1.82) is 0 Å². The summed E-state index contributed by atoms with van der Waals surface area (Å²) in [6.45, 7) is 2.17. The van der Waals surface area contributed by atoms with Gasteiger partial charge in [-0.3, -0.25) is 9.69 Å². The SMILES string of the molecule is COc1ccc(C(NC(=O)CN(C)Cc2ccc3c(c2)OCCO3)C2CC2)cc1. The number of nitrogens with zero attached hydrogens (tertiary/aromatic N) is 1. The smallest absolute Gasteiger partial charge is 0.234 e. The average Bonchev–Trinajstić information content (AvgIpc) is 3.57. The van der Waals surface area contributed by atoms with Crippen LogP contribution in [0.4, 0.5) is 0 Å². The molecule has 1 saturated carbocycles. The molecular formula is C23H28N2O4. The summed E-state index contributed by atoms with van der Waals surface area (Å²) in [5.74, 6) is 2.95. The van der Waals surface area contributed by atoms with Gasteiger partial charge in [-0.15, -0.1) is 0 Å². The summed E-state index contributed by atoms with van der Waals surface area (Å²) >= 11 is 0. The van der Waals surface area contributed by atoms with Gasteiger partial charge < -0.3 is 19.5 Å². The second kappa shape index (κ2) is 8.74. The van der Waals surface area contributed by atoms with E-state index in [2.05, 4.69) is 5.32 Å². The molecule has 1 unspecified atom stereocenters. The Balaban J connectivity index is 1.34. The Labute approximate surface area is 171 Å². The molecule has 4 rings (SSSR count). The zero-order valence-corrected chi connectivity index (χ0v) is 17.0. The first-order valence-electron chi connectivity index (χ1n) is 10.1. The molecule has 0 saturated heterocycles. The van der Waals surface area contributed by atoms with Crippen molar-refractivity contribution in [3.63, 3.8) is 0 Å². The van der Waals surface area contributed by atoms with E-state index in [9.17, 15) is 4.79 Å². The van der Waals surface area contributed by atoms with Crippen molar-refractivity contribution < 1.29 is 19.0 Å². The fourth-order valence-electron chi connectivity index (χ4n) is 3.73. The van der Waals surface area contributed by atoms with Crippen LogP contribution < -0.4 is 19.5 Å². The first-order chi connectivity index (χ1) is 14.1. The number of rotatable bonds is 8. The Morgan fingerprint density at radius 1 is 1.14 bits per heavy atom. The van der Waals surface area contributed by atoms with Gasteiger partial charge in [0.2, 0.25) is 5.91 Å². The van der Waals surface area contributed by atoms with Gasteiger partial charge in [0.05, 0.1) is 19.7 Å². The minimum absolute atomic E-state index is 0.0396. The molecule has 1 N–H and O–H groups in total. The van der Waals surface area contributed by atoms with Gasteiger partial charge in [0.15, 0.2) is 11.5 Å². The van der Waals surface area contributed by atoms with Crippen molar-refractivity contribution in [1.82, 2.24) is 10.2 Å². The number of ether oxygens (including phenoxy) is 3. The fourth-order valence-corrected chi connectivity index (χ4v) is 3.73. The normalized spacial score (nSPS) is 16.4. The van der Waals surface area contributed by atoms with E-state index in [1.807, 2.05) is 54.4 Å². The molecule has 1 aliphatic carbocycles. The van der Waals surface area contributed by atoms with Crippen LogP contribution in [0.2, 0.25) is 0 Å². The quantitative estimate of drug-likeness (QED) is 0.743. The zero-order valence-electron chi connectivity index (χ0n) is 17.0. The third-order valence-corrected chi connectivity index (χ3v) is 5.36. The summed E-state index contributed by atoms with van der Waals surface area (Å²) in [6, 6.07) is 14.0. The predicted molar refractivity (Wildman–Crippen MR) is 110 cm³/mol. The standard InChI is InChI=1S/C23H28N2O4/c1-25(14-16-3-10-20-21(13-16)29-12-11-28-20)15-22(26)24-23(17-4-5-17)18-6-8-19(27-2)9-7-18/h3,6-10,13,17,23H,4-5,11-12,14-15H2,1-2H3,(H,24,26). The molecule has 0 radical (unpaired) electrons. The maximum absolute atomic E-state index is 12.7. The lowest BCUT2D eigenvalue weighted by molar-refractivity contribution is -0.123. The van der Waals surface area contributed by atoms with Gasteiger partial charge in [0.1, 0.15) is 19.0 Å². The van der Waals surface area contributed by atoms with Crippen molar-refractivity contribution in [2.24, 2.45) is 5.92 Å². The van der Waals surface area contributed by atoms with Crippen LogP contribution in [0, 0.1) is 5.92 Å². The molecule has 0 bridgehead atoms. The highest BCUT2D eigenvalue weighted by Gasteiger charge is 2.33. The lowest BCUT2D eigenvalue weighted by Crippen LogP contribution is -2.37. The first kappa shape index (κ1) is 19.6. The third kappa shape index (κ3) is 5.01. The highest BCUT2D eigenvalue weighted by atomic mass is 16.6. The summed E-state index contributed by atoms with van der Waals surface area (Å²) in [4.78, 5) is 14.7. The van der Waals surface area contributed by atoms with Crippen molar-refractivity contribution in [2.75, 3.05) is 33.9 Å². The van der Waals surface area contributed by atoms with E-state index in [0.717, 1.165) is 41.2 Å². The summed E-state index contributed by atoms with van der Waals surface area (Å²) in [5.41, 5.74) is 2.23. The zero-order chi connectivity index (χ0) is 20.2. The molecule has 2 aromatic rings. The van der Waals surface area contributed by atoms with E-state index >= 15 is 0 Å². The molecule has 6 nitrogen and oxygen atoms in total. The largest absolute Gasteiger partial charge is 0.497 e. The van der Waals surface area contributed by atoms with Crippen LogP contribution in [0.25, 0.3) is 0 Å². The molecule has 2 aliphatic rings. The highest BCUT2D eigenvalue weighted by Crippen LogP contribution is 2.41. The molecule has 1 aliphatic heterocycles. The van der Waals surface area contributed by atoms with Crippen molar-refractivity contribution >= 4 is 5.91 Å². The van der Waals surface area contributed by atoms with Crippen LogP contribution in [0.1, 0.15) is 30.0 Å². The number of amides is 1. The van der Waals surface area contributed by atoms with E-state index in [1.54, 1.807) is 7.11 Å². The van der Waals surface area contributed by atoms with E-state index in [-0.39, 0.29) is 11.9 Å². The number of carbonyl (C=O) groups excluding carboxylic acids is 1. The second-order valence-corrected chi connectivity index (χ2v) is 7.81. The van der Waals surface area contributed by atoms with Crippen LogP contribution in [0.3, 0.4) is 0 Å². The minimum Gasteiger partial charge on any atom is -0.497 e. The number of methoxy groups -OCH3 is 1. The van der Waals surface area contributed by atoms with Crippen molar-refractivity contribution in [2.45, 2.75) is 25.4 Å². The third-order valence-electron chi connectivity index (χ3n) is 5.36. The van der Waals surface area contributed by atoms with Crippen molar-refractivity contribution in [3.8, 4) is 17.2 Å². The number of likely N-dealkylation sites (N-methyl/N-ethyl adjacent to an activating group) is 1. The Hall–Kier alpha value is -2.73. The van der Waals surface area contributed by atoms with Gasteiger partial charge in [-0.2, -0.15) is 0 Å². The van der Waals surface area contributed by atoms with E-state index in [1.165, 1.54) is 0 Å².